The van der Waals surface area contributed by atoms with Crippen molar-refractivity contribution in [3.05, 3.63) is 59.2 Å². The average Bonchev–Trinajstić information content (AvgIpc) is 2.37. The van der Waals surface area contributed by atoms with Gasteiger partial charge < -0.3 is 10.8 Å². The van der Waals surface area contributed by atoms with Crippen LogP contribution in [0.2, 0.25) is 0 Å². The highest BCUT2D eigenvalue weighted by Gasteiger charge is 2.06. The van der Waals surface area contributed by atoms with Crippen molar-refractivity contribution in [2.75, 3.05) is 6.54 Å². The van der Waals surface area contributed by atoms with Crippen LogP contribution < -0.4 is 5.73 Å². The van der Waals surface area contributed by atoms with Gasteiger partial charge in [-0.2, -0.15) is 0 Å². The molecule has 0 radical (unpaired) electrons. The second kappa shape index (κ2) is 5.34. The van der Waals surface area contributed by atoms with Gasteiger partial charge in [-0.1, -0.05) is 47.5 Å². The molecule has 0 saturated heterocycles. The summed E-state index contributed by atoms with van der Waals surface area (Å²) in [4.78, 5) is 0. The molecule has 94 valence electrons. The van der Waals surface area contributed by atoms with Crippen molar-refractivity contribution >= 4 is 0 Å². The van der Waals surface area contributed by atoms with Gasteiger partial charge in [0.1, 0.15) is 0 Å². The maximum atomic E-state index is 9.78. The first-order chi connectivity index (χ1) is 8.60. The molecule has 0 heterocycles. The van der Waals surface area contributed by atoms with Gasteiger partial charge in [-0.25, -0.2) is 0 Å². The molecule has 2 nitrogen and oxygen atoms in total. The predicted octanol–water partition coefficient (Wildman–Crippen LogP) is 2.96. The molecule has 2 aromatic rings. The molecule has 2 aromatic carbocycles. The van der Waals surface area contributed by atoms with E-state index in [0.717, 1.165) is 11.1 Å². The number of hydrogen-bond acceptors (Lipinski definition) is 2. The van der Waals surface area contributed by atoms with Crippen LogP contribution in [0.3, 0.4) is 0 Å². The van der Waals surface area contributed by atoms with Gasteiger partial charge in [-0.05, 0) is 36.6 Å². The average molecular weight is 241 g/mol. The predicted molar refractivity (Wildman–Crippen MR) is 75.4 cm³/mol. The molecule has 0 bridgehead atoms. The summed E-state index contributed by atoms with van der Waals surface area (Å²) < 4.78 is 0. The maximum absolute atomic E-state index is 9.78. The van der Waals surface area contributed by atoms with Gasteiger partial charge in [-0.15, -0.1) is 0 Å². The molecule has 0 amide bonds. The fourth-order valence-corrected chi connectivity index (χ4v) is 2.20. The van der Waals surface area contributed by atoms with E-state index in [1.807, 2.05) is 18.2 Å². The minimum absolute atomic E-state index is 0.246. The van der Waals surface area contributed by atoms with Crippen molar-refractivity contribution in [3.8, 4) is 11.1 Å². The van der Waals surface area contributed by atoms with Crippen LogP contribution in [-0.4, -0.2) is 11.7 Å². The fraction of sp³-hybridized carbons (Fsp3) is 0.250. The maximum Gasteiger partial charge on any atom is 0.0912 e. The Labute approximate surface area is 108 Å². The number of hydrogen-bond donors (Lipinski definition) is 2. The quantitative estimate of drug-likeness (QED) is 0.867. The standard InChI is InChI=1S/C16H19NO/c1-11-6-12(2)8-15(7-11)13-4-3-5-14(9-13)16(18)10-17/h3-9,16,18H,10,17H2,1-2H3. The van der Waals surface area contributed by atoms with E-state index in [1.165, 1.54) is 16.7 Å². The third-order valence-corrected chi connectivity index (χ3v) is 3.05. The van der Waals surface area contributed by atoms with E-state index >= 15 is 0 Å². The molecule has 0 spiro atoms. The Kier molecular flexibility index (Phi) is 3.80. The molecule has 0 aromatic heterocycles. The van der Waals surface area contributed by atoms with Crippen LogP contribution in [0.4, 0.5) is 0 Å². The van der Waals surface area contributed by atoms with Crippen molar-refractivity contribution in [3.63, 3.8) is 0 Å². The molecule has 0 aliphatic heterocycles. The van der Waals surface area contributed by atoms with Crippen LogP contribution in [0.25, 0.3) is 11.1 Å². The highest BCUT2D eigenvalue weighted by atomic mass is 16.3. The van der Waals surface area contributed by atoms with E-state index in [4.69, 9.17) is 5.73 Å². The second-order valence-electron chi connectivity index (χ2n) is 4.75. The van der Waals surface area contributed by atoms with Gasteiger partial charge in [0.2, 0.25) is 0 Å². The van der Waals surface area contributed by atoms with E-state index in [-0.39, 0.29) is 6.54 Å². The summed E-state index contributed by atoms with van der Waals surface area (Å²) in [5, 5.41) is 9.78. The van der Waals surface area contributed by atoms with Crippen LogP contribution in [-0.2, 0) is 0 Å². The monoisotopic (exact) mass is 241 g/mol. The fourth-order valence-electron chi connectivity index (χ4n) is 2.20. The smallest absolute Gasteiger partial charge is 0.0912 e. The zero-order valence-corrected chi connectivity index (χ0v) is 10.9. The van der Waals surface area contributed by atoms with Crippen molar-refractivity contribution < 1.29 is 5.11 Å². The summed E-state index contributed by atoms with van der Waals surface area (Å²) >= 11 is 0. The largest absolute Gasteiger partial charge is 0.387 e. The molecule has 3 N–H and O–H groups in total. The zero-order valence-electron chi connectivity index (χ0n) is 10.9. The van der Waals surface area contributed by atoms with Crippen molar-refractivity contribution in [1.82, 2.24) is 0 Å². The summed E-state index contributed by atoms with van der Waals surface area (Å²) in [5.41, 5.74) is 11.1. The molecule has 1 unspecified atom stereocenters. The summed E-state index contributed by atoms with van der Waals surface area (Å²) in [6, 6.07) is 14.4. The SMILES string of the molecule is Cc1cc(C)cc(-c2cccc(C(O)CN)c2)c1. The molecule has 0 fully saturated rings. The minimum atomic E-state index is -0.587. The summed E-state index contributed by atoms with van der Waals surface area (Å²) in [7, 11) is 0. The summed E-state index contributed by atoms with van der Waals surface area (Å²) in [6.45, 7) is 4.43. The van der Waals surface area contributed by atoms with Crippen molar-refractivity contribution in [2.45, 2.75) is 20.0 Å². The lowest BCUT2D eigenvalue weighted by molar-refractivity contribution is 0.187. The number of nitrogens with two attached hydrogens (primary N) is 1. The normalized spacial score (nSPS) is 12.4. The second-order valence-corrected chi connectivity index (χ2v) is 4.75. The van der Waals surface area contributed by atoms with E-state index < -0.39 is 6.10 Å². The van der Waals surface area contributed by atoms with Gasteiger partial charge in [0.05, 0.1) is 6.10 Å². The van der Waals surface area contributed by atoms with Crippen LogP contribution in [0.5, 0.6) is 0 Å². The van der Waals surface area contributed by atoms with Crippen molar-refractivity contribution in [1.29, 1.82) is 0 Å². The lowest BCUT2D eigenvalue weighted by atomic mass is 9.98. The molecular weight excluding hydrogens is 222 g/mol. The molecule has 1 atom stereocenters. The number of aliphatic hydroxyl groups is 1. The number of aryl methyl sites for hydroxylation is 2. The highest BCUT2D eigenvalue weighted by Crippen LogP contribution is 2.25. The number of rotatable bonds is 3. The first kappa shape index (κ1) is 12.8. The van der Waals surface area contributed by atoms with Gasteiger partial charge in [-0.3, -0.25) is 0 Å². The summed E-state index contributed by atoms with van der Waals surface area (Å²) in [6.07, 6.45) is -0.587. The van der Waals surface area contributed by atoms with E-state index in [9.17, 15) is 5.11 Å². The molecular formula is C16H19NO. The van der Waals surface area contributed by atoms with Crippen LogP contribution in [0, 0.1) is 13.8 Å². The summed E-state index contributed by atoms with van der Waals surface area (Å²) in [5.74, 6) is 0. The first-order valence-electron chi connectivity index (χ1n) is 6.17. The Balaban J connectivity index is 2.44. The van der Waals surface area contributed by atoms with Gasteiger partial charge >= 0.3 is 0 Å². The molecule has 0 saturated carbocycles. The number of benzene rings is 2. The van der Waals surface area contributed by atoms with E-state index in [1.54, 1.807) is 0 Å². The van der Waals surface area contributed by atoms with Gasteiger partial charge in [0.15, 0.2) is 0 Å². The molecule has 2 rings (SSSR count). The third kappa shape index (κ3) is 2.78. The van der Waals surface area contributed by atoms with Gasteiger partial charge in [0.25, 0.3) is 0 Å². The number of aliphatic hydroxyl groups excluding tert-OH is 1. The highest BCUT2D eigenvalue weighted by molar-refractivity contribution is 5.66. The Bertz CT molecular complexity index is 528. The third-order valence-electron chi connectivity index (χ3n) is 3.05. The lowest BCUT2D eigenvalue weighted by Crippen LogP contribution is -2.11. The molecule has 2 heteroatoms. The van der Waals surface area contributed by atoms with Gasteiger partial charge in [0, 0.05) is 6.54 Å². The Morgan fingerprint density at radius 3 is 2.28 bits per heavy atom. The molecule has 18 heavy (non-hydrogen) atoms. The topological polar surface area (TPSA) is 46.2 Å². The Morgan fingerprint density at radius 2 is 1.67 bits per heavy atom. The Hall–Kier alpha value is -1.64. The Morgan fingerprint density at radius 1 is 1.00 bits per heavy atom. The minimum Gasteiger partial charge on any atom is -0.387 e. The molecule has 0 aliphatic carbocycles. The van der Waals surface area contributed by atoms with Crippen LogP contribution >= 0.6 is 0 Å². The molecule has 0 aliphatic rings. The van der Waals surface area contributed by atoms with E-state index in [2.05, 4.69) is 38.1 Å². The van der Waals surface area contributed by atoms with Crippen molar-refractivity contribution in [2.24, 2.45) is 5.73 Å². The zero-order chi connectivity index (χ0) is 13.1. The first-order valence-corrected chi connectivity index (χ1v) is 6.17. The van der Waals surface area contributed by atoms with E-state index in [0.29, 0.717) is 0 Å². The lowest BCUT2D eigenvalue weighted by Gasteiger charge is -2.11. The van der Waals surface area contributed by atoms with Crippen LogP contribution in [0.15, 0.2) is 42.5 Å². The van der Waals surface area contributed by atoms with Crippen LogP contribution in [0.1, 0.15) is 22.8 Å².